The maximum atomic E-state index is 15.0. The maximum absolute atomic E-state index is 15.0. The van der Waals surface area contributed by atoms with Crippen molar-refractivity contribution in [3.05, 3.63) is 57.9 Å². The predicted molar refractivity (Wildman–Crippen MR) is 137 cm³/mol. The normalized spacial score (nSPS) is 23.8. The van der Waals surface area contributed by atoms with E-state index in [2.05, 4.69) is 20.6 Å². The number of pyridine rings is 3. The first-order valence-electron chi connectivity index (χ1n) is 13.0. The molecule has 3 N–H and O–H groups in total. The summed E-state index contributed by atoms with van der Waals surface area (Å²) in [5.41, 5.74) is 0.545. The molecule has 0 radical (unpaired) electrons. The van der Waals surface area contributed by atoms with Gasteiger partial charge in [0.2, 0.25) is 0 Å². The van der Waals surface area contributed by atoms with Gasteiger partial charge in [-0.3, -0.25) is 23.9 Å². The zero-order valence-electron chi connectivity index (χ0n) is 21.2. The summed E-state index contributed by atoms with van der Waals surface area (Å²) < 4.78 is 27.8. The molecule has 12 heteroatoms. The average molecular weight is 538 g/mol. The number of nitrogens with zero attached hydrogens (tertiary/aromatic N) is 3. The van der Waals surface area contributed by atoms with Gasteiger partial charge in [0.15, 0.2) is 18.2 Å². The summed E-state index contributed by atoms with van der Waals surface area (Å²) in [6.45, 7) is 0.430. The van der Waals surface area contributed by atoms with Crippen LogP contribution >= 0.6 is 0 Å². The minimum absolute atomic E-state index is 0.0134. The van der Waals surface area contributed by atoms with E-state index in [0.717, 1.165) is 42.1 Å². The van der Waals surface area contributed by atoms with Gasteiger partial charge in [-0.15, -0.1) is 0 Å². The lowest BCUT2D eigenvalue weighted by Gasteiger charge is -2.53. The Morgan fingerprint density at radius 3 is 2.74 bits per heavy atom. The van der Waals surface area contributed by atoms with Gasteiger partial charge < -0.3 is 25.2 Å². The van der Waals surface area contributed by atoms with Gasteiger partial charge in [0.25, 0.3) is 11.5 Å². The number of hydrogen-bond acceptors (Lipinski definition) is 8. The molecule has 3 aliphatic heterocycles. The Balaban J connectivity index is 1.14. The highest BCUT2D eigenvalue weighted by Gasteiger charge is 2.49. The number of ether oxygens (including phenoxy) is 2. The lowest BCUT2D eigenvalue weighted by molar-refractivity contribution is -0.165. The van der Waals surface area contributed by atoms with Crippen LogP contribution in [-0.4, -0.2) is 55.9 Å². The molecule has 0 unspecified atom stereocenters. The zero-order valence-corrected chi connectivity index (χ0v) is 21.2. The number of nitrogens with one attached hydrogen (secondary N) is 2. The minimum Gasteiger partial charge on any atom is -0.480 e. The molecule has 39 heavy (non-hydrogen) atoms. The molecular formula is C27H28FN5O6. The van der Waals surface area contributed by atoms with Gasteiger partial charge in [-0.2, -0.15) is 0 Å². The molecule has 3 aromatic heterocycles. The van der Waals surface area contributed by atoms with Crippen LogP contribution in [0.1, 0.15) is 43.4 Å². The Hall–Kier alpha value is -3.90. The van der Waals surface area contributed by atoms with E-state index in [1.165, 1.54) is 12.1 Å². The maximum Gasteiger partial charge on any atom is 0.323 e. The van der Waals surface area contributed by atoms with Gasteiger partial charge in [0.05, 0.1) is 35.1 Å². The fraction of sp³-hybridized carbons (Fsp3) is 0.444. The largest absolute Gasteiger partial charge is 0.480 e. The number of rotatable bonds is 8. The molecule has 7 rings (SSSR count). The van der Waals surface area contributed by atoms with Crippen LogP contribution in [0.15, 0.2) is 35.3 Å². The number of aryl methyl sites for hydroxylation is 1. The van der Waals surface area contributed by atoms with Crippen LogP contribution in [0.3, 0.4) is 0 Å². The Kier molecular flexibility index (Phi) is 6.31. The average Bonchev–Trinajstić information content (AvgIpc) is 2.93. The van der Waals surface area contributed by atoms with Crippen molar-refractivity contribution in [1.82, 2.24) is 19.9 Å². The van der Waals surface area contributed by atoms with Crippen LogP contribution in [0.5, 0.6) is 5.75 Å². The summed E-state index contributed by atoms with van der Waals surface area (Å²) in [6, 6.07) is 6.42. The summed E-state index contributed by atoms with van der Waals surface area (Å²) in [4.78, 5) is 44.0. The van der Waals surface area contributed by atoms with Crippen molar-refractivity contribution in [2.45, 2.75) is 62.8 Å². The van der Waals surface area contributed by atoms with Crippen LogP contribution in [0, 0.1) is 5.82 Å². The number of carboxylic acids is 1. The number of carbonyl (C=O) groups excluding carboxylic acids is 1. The van der Waals surface area contributed by atoms with Crippen LogP contribution < -0.4 is 20.9 Å². The Morgan fingerprint density at radius 1 is 1.18 bits per heavy atom. The number of carboxylic acid groups (broad SMARTS) is 1. The number of halogens is 1. The van der Waals surface area contributed by atoms with E-state index >= 15 is 0 Å². The molecule has 6 heterocycles. The van der Waals surface area contributed by atoms with E-state index < -0.39 is 29.5 Å². The molecule has 0 atom stereocenters. The highest BCUT2D eigenvalue weighted by molar-refractivity contribution is 5.94. The number of anilines is 1. The third-order valence-corrected chi connectivity index (χ3v) is 8.13. The molecular weight excluding hydrogens is 509 g/mol. The van der Waals surface area contributed by atoms with Crippen molar-refractivity contribution in [2.24, 2.45) is 0 Å². The van der Waals surface area contributed by atoms with Crippen molar-refractivity contribution in [3.8, 4) is 5.75 Å². The van der Waals surface area contributed by atoms with E-state index in [0.29, 0.717) is 43.1 Å². The summed E-state index contributed by atoms with van der Waals surface area (Å²) in [5, 5.41) is 15.6. The standard InChI is InChI=1S/C27H28FN5O6/c28-18-12-29-19-2-4-22(35)33(13-23(36)37)24(19)17(18)5-6-27-9-7-26(8-10-27,15-39-27)30-11-16-1-3-20-25(31-16)32-21(34)14-38-20/h1-4,12,30H,5-11,13-15H2,(H,36,37)(H,31,32,34). The van der Waals surface area contributed by atoms with Crippen molar-refractivity contribution >= 4 is 28.7 Å². The molecule has 1 aliphatic carbocycles. The molecule has 204 valence electrons. The van der Waals surface area contributed by atoms with Crippen LogP contribution in [0.2, 0.25) is 0 Å². The zero-order chi connectivity index (χ0) is 27.2. The first-order valence-corrected chi connectivity index (χ1v) is 13.0. The number of fused-ring (bicyclic) bond motifs is 5. The lowest BCUT2D eigenvalue weighted by atomic mass is 9.69. The van der Waals surface area contributed by atoms with Gasteiger partial charge >= 0.3 is 5.97 Å². The number of hydrogen-bond donors (Lipinski definition) is 3. The number of amides is 1. The van der Waals surface area contributed by atoms with Gasteiger partial charge in [0, 0.05) is 23.7 Å². The molecule has 3 fully saturated rings. The number of carbonyl (C=O) groups is 2. The van der Waals surface area contributed by atoms with Crippen molar-refractivity contribution < 1.29 is 28.6 Å². The van der Waals surface area contributed by atoms with Gasteiger partial charge in [-0.25, -0.2) is 9.37 Å². The molecule has 11 nitrogen and oxygen atoms in total. The third kappa shape index (κ3) is 4.85. The Morgan fingerprint density at radius 2 is 2.00 bits per heavy atom. The van der Waals surface area contributed by atoms with Gasteiger partial charge in [-0.1, -0.05) is 0 Å². The smallest absolute Gasteiger partial charge is 0.323 e. The fourth-order valence-electron chi connectivity index (χ4n) is 5.88. The summed E-state index contributed by atoms with van der Waals surface area (Å²) in [6.07, 6.45) is 5.28. The van der Waals surface area contributed by atoms with Crippen molar-refractivity contribution in [3.63, 3.8) is 0 Å². The molecule has 1 amide bonds. The number of aromatic nitrogens is 3. The molecule has 2 bridgehead atoms. The second-order valence-corrected chi connectivity index (χ2v) is 10.6. The second-order valence-electron chi connectivity index (χ2n) is 10.6. The summed E-state index contributed by atoms with van der Waals surface area (Å²) in [7, 11) is 0. The Labute approximate surface area is 222 Å². The van der Waals surface area contributed by atoms with Crippen molar-refractivity contribution in [1.29, 1.82) is 0 Å². The van der Waals surface area contributed by atoms with E-state index in [4.69, 9.17) is 9.47 Å². The molecule has 4 aliphatic rings. The summed E-state index contributed by atoms with van der Waals surface area (Å²) >= 11 is 0. The van der Waals surface area contributed by atoms with Gasteiger partial charge in [0.1, 0.15) is 12.4 Å². The van der Waals surface area contributed by atoms with E-state index in [1.807, 2.05) is 6.07 Å². The van der Waals surface area contributed by atoms with Crippen molar-refractivity contribution in [2.75, 3.05) is 18.5 Å². The second kappa shape index (κ2) is 9.69. The first kappa shape index (κ1) is 25.4. The lowest BCUT2D eigenvalue weighted by Crippen LogP contribution is -2.61. The first-order chi connectivity index (χ1) is 18.7. The molecule has 0 spiro atoms. The molecule has 3 aromatic rings. The topological polar surface area (TPSA) is 145 Å². The van der Waals surface area contributed by atoms with Crippen LogP contribution in [0.4, 0.5) is 10.2 Å². The highest BCUT2D eigenvalue weighted by atomic mass is 19.1. The highest BCUT2D eigenvalue weighted by Crippen LogP contribution is 2.46. The third-order valence-electron chi connectivity index (χ3n) is 8.13. The SMILES string of the molecule is O=C(O)Cn1c(=O)ccc2ncc(F)c(CCC34CCC(NCc5ccc6c(n5)NC(=O)CO6)(CC3)CO4)c21. The van der Waals surface area contributed by atoms with E-state index in [-0.39, 0.29) is 29.1 Å². The Bertz CT molecular complexity index is 1510. The van der Waals surface area contributed by atoms with Gasteiger partial charge in [-0.05, 0) is 56.7 Å². The molecule has 1 saturated carbocycles. The fourth-order valence-corrected chi connectivity index (χ4v) is 5.88. The van der Waals surface area contributed by atoms with Crippen LogP contribution in [0.25, 0.3) is 11.0 Å². The summed E-state index contributed by atoms with van der Waals surface area (Å²) in [5.74, 6) is -0.999. The minimum atomic E-state index is -1.19. The predicted octanol–water partition coefficient (Wildman–Crippen LogP) is 2.15. The molecule has 0 aromatic carbocycles. The van der Waals surface area contributed by atoms with E-state index in [9.17, 15) is 23.9 Å². The van der Waals surface area contributed by atoms with Crippen LogP contribution in [-0.2, 0) is 33.8 Å². The number of aliphatic carboxylic acids is 1. The molecule has 2 saturated heterocycles. The van der Waals surface area contributed by atoms with E-state index in [1.54, 1.807) is 6.07 Å². The quantitative estimate of drug-likeness (QED) is 0.394. The monoisotopic (exact) mass is 537 g/mol.